The molecule has 0 radical (unpaired) electrons. The molecule has 1 aliphatic rings. The highest BCUT2D eigenvalue weighted by atomic mass is 35.5. The second-order valence-electron chi connectivity index (χ2n) is 5.92. The van der Waals surface area contributed by atoms with Crippen molar-refractivity contribution in [3.8, 4) is 0 Å². The summed E-state index contributed by atoms with van der Waals surface area (Å²) in [4.78, 5) is 38.6. The van der Waals surface area contributed by atoms with Crippen molar-refractivity contribution in [2.75, 3.05) is 5.32 Å². The van der Waals surface area contributed by atoms with E-state index in [1.165, 1.54) is 19.1 Å². The van der Waals surface area contributed by atoms with E-state index in [0.29, 0.717) is 10.7 Å². The number of carbonyl (C=O) groups excluding carboxylic acids is 3. The van der Waals surface area contributed by atoms with E-state index in [1.54, 1.807) is 18.2 Å². The summed E-state index contributed by atoms with van der Waals surface area (Å²) in [5.74, 6) is -1.70. The zero-order chi connectivity index (χ0) is 19.2. The molecule has 0 aromatic heterocycles. The largest absolute Gasteiger partial charge is 0.324 e. The first-order valence-electron chi connectivity index (χ1n) is 7.64. The molecule has 0 saturated heterocycles. The van der Waals surface area contributed by atoms with Crippen LogP contribution in [0.3, 0.4) is 0 Å². The van der Waals surface area contributed by atoms with Gasteiger partial charge in [-0.25, -0.2) is 0 Å². The van der Waals surface area contributed by atoms with Crippen molar-refractivity contribution in [2.24, 2.45) is 0 Å². The first kappa shape index (κ1) is 18.7. The molecule has 8 heteroatoms. The second-order valence-corrected chi connectivity index (χ2v) is 7.14. The van der Waals surface area contributed by atoms with Crippen LogP contribution in [0.5, 0.6) is 0 Å². The fraction of sp³-hybridized carbons (Fsp3) is 0.167. The molecule has 2 aromatic carbocycles. The first-order valence-corrected chi connectivity index (χ1v) is 8.78. The summed E-state index contributed by atoms with van der Waals surface area (Å²) in [6.07, 6.45) is 0. The van der Waals surface area contributed by atoms with Crippen LogP contribution in [0.15, 0.2) is 30.3 Å². The fourth-order valence-electron chi connectivity index (χ4n) is 2.64. The molecule has 0 spiro atoms. The summed E-state index contributed by atoms with van der Waals surface area (Å²) in [6.45, 7) is 3.31. The van der Waals surface area contributed by atoms with Crippen molar-refractivity contribution in [3.63, 3.8) is 0 Å². The summed E-state index contributed by atoms with van der Waals surface area (Å²) >= 11 is 17.9. The van der Waals surface area contributed by atoms with Crippen molar-refractivity contribution in [3.05, 3.63) is 62.1 Å². The zero-order valence-electron chi connectivity index (χ0n) is 13.8. The van der Waals surface area contributed by atoms with Crippen LogP contribution in [-0.2, 0) is 4.79 Å². The lowest BCUT2D eigenvalue weighted by molar-refractivity contribution is -0.119. The smallest absolute Gasteiger partial charge is 0.262 e. The Labute approximate surface area is 164 Å². The maximum atomic E-state index is 12.6. The monoisotopic (exact) mass is 410 g/mol. The van der Waals surface area contributed by atoms with Crippen LogP contribution in [0, 0.1) is 6.92 Å². The van der Waals surface area contributed by atoms with Crippen molar-refractivity contribution >= 4 is 58.2 Å². The van der Waals surface area contributed by atoms with E-state index >= 15 is 0 Å². The maximum absolute atomic E-state index is 12.6. The normalized spacial score (nSPS) is 14.4. The van der Waals surface area contributed by atoms with Gasteiger partial charge in [-0.2, -0.15) is 0 Å². The second kappa shape index (κ2) is 6.91. The van der Waals surface area contributed by atoms with Gasteiger partial charge in [0.2, 0.25) is 5.91 Å². The number of imide groups is 1. The number of benzene rings is 2. The van der Waals surface area contributed by atoms with Crippen molar-refractivity contribution in [2.45, 2.75) is 19.9 Å². The van der Waals surface area contributed by atoms with E-state index in [2.05, 4.69) is 5.32 Å². The standard InChI is InChI=1S/C18H13Cl3N2O3/c1-8-3-4-10(5-13(8)19)22-16(24)9(2)23-17(25)11-6-14(20)15(21)7-12(11)18(23)26/h3-7,9H,1-2H3,(H,22,24)/t9-/m0/s1. The minimum atomic E-state index is -1.03. The third-order valence-electron chi connectivity index (χ3n) is 4.16. The molecule has 3 rings (SSSR count). The highest BCUT2D eigenvalue weighted by Gasteiger charge is 2.41. The molecule has 1 aliphatic heterocycles. The van der Waals surface area contributed by atoms with Crippen molar-refractivity contribution in [1.82, 2.24) is 4.90 Å². The van der Waals surface area contributed by atoms with Gasteiger partial charge in [0.1, 0.15) is 6.04 Å². The molecular weight excluding hydrogens is 399 g/mol. The molecule has 0 fully saturated rings. The highest BCUT2D eigenvalue weighted by Crippen LogP contribution is 2.32. The Morgan fingerprint density at radius 2 is 1.50 bits per heavy atom. The number of rotatable bonds is 3. The number of nitrogens with one attached hydrogen (secondary N) is 1. The minimum absolute atomic E-state index is 0.127. The lowest BCUT2D eigenvalue weighted by Gasteiger charge is -2.21. The summed E-state index contributed by atoms with van der Waals surface area (Å²) < 4.78 is 0. The predicted octanol–water partition coefficient (Wildman–Crippen LogP) is 4.58. The molecule has 3 amide bonds. The van der Waals surface area contributed by atoms with Gasteiger partial charge in [0.25, 0.3) is 11.8 Å². The summed E-state index contributed by atoms with van der Waals surface area (Å²) in [5.41, 5.74) is 1.59. The van der Waals surface area contributed by atoms with E-state index in [0.717, 1.165) is 10.5 Å². The molecule has 0 aliphatic carbocycles. The average molecular weight is 412 g/mol. The quantitative estimate of drug-likeness (QED) is 0.752. The fourth-order valence-corrected chi connectivity index (χ4v) is 3.15. The lowest BCUT2D eigenvalue weighted by Crippen LogP contribution is -2.45. The Morgan fingerprint density at radius 1 is 0.962 bits per heavy atom. The van der Waals surface area contributed by atoms with Crippen LogP contribution in [-0.4, -0.2) is 28.7 Å². The third-order valence-corrected chi connectivity index (χ3v) is 5.29. The minimum Gasteiger partial charge on any atom is -0.324 e. The molecule has 134 valence electrons. The Balaban J connectivity index is 1.84. The van der Waals surface area contributed by atoms with E-state index in [9.17, 15) is 14.4 Å². The van der Waals surface area contributed by atoms with Gasteiger partial charge in [0.05, 0.1) is 21.2 Å². The number of aryl methyl sites for hydroxylation is 1. The highest BCUT2D eigenvalue weighted by molar-refractivity contribution is 6.43. The molecule has 26 heavy (non-hydrogen) atoms. The molecule has 1 heterocycles. The van der Waals surface area contributed by atoms with Crippen LogP contribution in [0.25, 0.3) is 0 Å². The van der Waals surface area contributed by atoms with E-state index < -0.39 is 23.8 Å². The number of halogens is 3. The number of fused-ring (bicyclic) bond motifs is 1. The van der Waals surface area contributed by atoms with E-state index in [4.69, 9.17) is 34.8 Å². The number of anilines is 1. The zero-order valence-corrected chi connectivity index (χ0v) is 16.0. The van der Waals surface area contributed by atoms with E-state index in [1.807, 2.05) is 6.92 Å². The number of nitrogens with zero attached hydrogens (tertiary/aromatic N) is 1. The van der Waals surface area contributed by atoms with Crippen LogP contribution in [0.4, 0.5) is 5.69 Å². The number of carbonyl (C=O) groups is 3. The number of hydrogen-bond donors (Lipinski definition) is 1. The molecular formula is C18H13Cl3N2O3. The van der Waals surface area contributed by atoms with Crippen molar-refractivity contribution < 1.29 is 14.4 Å². The molecule has 2 aromatic rings. The van der Waals surface area contributed by atoms with Crippen molar-refractivity contribution in [1.29, 1.82) is 0 Å². The Bertz CT molecular complexity index is 918. The van der Waals surface area contributed by atoms with Gasteiger partial charge in [-0.05, 0) is 43.7 Å². The maximum Gasteiger partial charge on any atom is 0.262 e. The average Bonchev–Trinajstić information content (AvgIpc) is 2.82. The molecule has 0 bridgehead atoms. The molecule has 1 atom stereocenters. The predicted molar refractivity (Wildman–Crippen MR) is 101 cm³/mol. The van der Waals surface area contributed by atoms with E-state index in [-0.39, 0.29) is 21.2 Å². The van der Waals surface area contributed by atoms with Crippen LogP contribution in [0.2, 0.25) is 15.1 Å². The SMILES string of the molecule is Cc1ccc(NC(=O)[C@H](C)N2C(=O)c3cc(Cl)c(Cl)cc3C2=O)cc1Cl. The summed E-state index contributed by atoms with van der Waals surface area (Å²) in [5, 5.41) is 3.49. The van der Waals surface area contributed by atoms with Gasteiger partial charge in [0, 0.05) is 10.7 Å². The van der Waals surface area contributed by atoms with Gasteiger partial charge < -0.3 is 5.32 Å². The summed E-state index contributed by atoms with van der Waals surface area (Å²) in [6, 6.07) is 6.69. The molecule has 5 nitrogen and oxygen atoms in total. The molecule has 1 N–H and O–H groups in total. The Hall–Kier alpha value is -2.08. The third kappa shape index (κ3) is 3.18. The number of hydrogen-bond acceptors (Lipinski definition) is 3. The number of amides is 3. The van der Waals surface area contributed by atoms with Gasteiger partial charge in [0.15, 0.2) is 0 Å². The molecule has 0 unspecified atom stereocenters. The van der Waals surface area contributed by atoms with Gasteiger partial charge in [-0.1, -0.05) is 40.9 Å². The first-order chi connectivity index (χ1) is 12.2. The van der Waals surface area contributed by atoms with Gasteiger partial charge in [-0.15, -0.1) is 0 Å². The molecule has 0 saturated carbocycles. The van der Waals surface area contributed by atoms with Gasteiger partial charge >= 0.3 is 0 Å². The summed E-state index contributed by atoms with van der Waals surface area (Å²) in [7, 11) is 0. The van der Waals surface area contributed by atoms with Gasteiger partial charge in [-0.3, -0.25) is 19.3 Å². The Morgan fingerprint density at radius 3 is 2.00 bits per heavy atom. The van der Waals surface area contributed by atoms with Crippen LogP contribution < -0.4 is 5.32 Å². The Kier molecular flexibility index (Phi) is 4.97. The topological polar surface area (TPSA) is 66.5 Å². The lowest BCUT2D eigenvalue weighted by atomic mass is 10.1. The van der Waals surface area contributed by atoms with Crippen LogP contribution >= 0.6 is 34.8 Å². The van der Waals surface area contributed by atoms with Crippen LogP contribution in [0.1, 0.15) is 33.2 Å².